The van der Waals surface area contributed by atoms with Gasteiger partial charge in [-0.3, -0.25) is 9.59 Å². The van der Waals surface area contributed by atoms with Crippen molar-refractivity contribution in [2.45, 2.75) is 38.5 Å². The molecule has 6 N–H and O–H groups in total. The van der Waals surface area contributed by atoms with E-state index in [9.17, 15) is 24.9 Å². The van der Waals surface area contributed by atoms with Gasteiger partial charge >= 0.3 is 0 Å². The highest BCUT2D eigenvalue weighted by Crippen LogP contribution is 2.27. The van der Waals surface area contributed by atoms with Gasteiger partial charge < -0.3 is 31.3 Å². The topological polar surface area (TPSA) is 131 Å². The summed E-state index contributed by atoms with van der Waals surface area (Å²) in [5.74, 6) is -0.0310. The summed E-state index contributed by atoms with van der Waals surface area (Å²) in [5, 5.41) is 38.8. The molecule has 212 valence electrons. The van der Waals surface area contributed by atoms with Crippen molar-refractivity contribution in [3.63, 3.8) is 0 Å². The molecule has 8 nitrogen and oxygen atoms in total. The summed E-state index contributed by atoms with van der Waals surface area (Å²) in [5.41, 5.74) is 4.88. The van der Waals surface area contributed by atoms with Crippen LogP contribution in [-0.2, 0) is 17.8 Å². The van der Waals surface area contributed by atoms with Gasteiger partial charge in [-0.25, -0.2) is 0 Å². The van der Waals surface area contributed by atoms with Gasteiger partial charge in [-0.1, -0.05) is 48.5 Å². The van der Waals surface area contributed by atoms with Crippen LogP contribution in [0.15, 0.2) is 91.0 Å². The maximum atomic E-state index is 13.0. The molecule has 0 spiro atoms. The summed E-state index contributed by atoms with van der Waals surface area (Å²) >= 11 is 0. The van der Waals surface area contributed by atoms with E-state index in [1.807, 2.05) is 68.4 Å². The minimum Gasteiger partial charge on any atom is -0.508 e. The van der Waals surface area contributed by atoms with E-state index in [1.165, 1.54) is 12.1 Å². The molecule has 0 saturated heterocycles. The fraction of sp³-hybridized carbons (Fsp3) is 0.212. The quantitative estimate of drug-likeness (QED) is 0.109. The van der Waals surface area contributed by atoms with Crippen LogP contribution in [0.1, 0.15) is 47.0 Å². The number of aliphatic hydroxyl groups excluding tert-OH is 1. The Hall–Kier alpha value is -4.66. The van der Waals surface area contributed by atoms with E-state index in [0.29, 0.717) is 30.5 Å². The van der Waals surface area contributed by atoms with Gasteiger partial charge in [-0.15, -0.1) is 0 Å². The first-order chi connectivity index (χ1) is 19.6. The number of carbonyl (C=O) groups is 2. The fourth-order valence-corrected chi connectivity index (χ4v) is 4.63. The molecule has 0 aromatic heterocycles. The second-order valence-corrected chi connectivity index (χ2v) is 10.6. The average Bonchev–Trinajstić information content (AvgIpc) is 2.96. The molecule has 1 atom stereocenters. The van der Waals surface area contributed by atoms with Gasteiger partial charge in [0.25, 0.3) is 5.91 Å². The summed E-state index contributed by atoms with van der Waals surface area (Å²) in [6, 6.07) is 27.0. The lowest BCUT2D eigenvalue weighted by Crippen LogP contribution is -2.43. The van der Waals surface area contributed by atoms with Gasteiger partial charge in [-0.05, 0) is 90.6 Å². The molecule has 8 heteroatoms. The minimum atomic E-state index is -0.855. The van der Waals surface area contributed by atoms with E-state index in [-0.39, 0.29) is 29.6 Å². The van der Waals surface area contributed by atoms with Gasteiger partial charge in [0, 0.05) is 24.2 Å². The van der Waals surface area contributed by atoms with Crippen LogP contribution in [0.4, 0.5) is 5.69 Å². The third kappa shape index (κ3) is 8.17. The Morgan fingerprint density at radius 2 is 1.61 bits per heavy atom. The van der Waals surface area contributed by atoms with Gasteiger partial charge in [-0.2, -0.15) is 0 Å². The number of aliphatic hydroxyl groups is 1. The van der Waals surface area contributed by atoms with Crippen molar-refractivity contribution >= 4 is 18.0 Å². The number of rotatable bonds is 12. The standard InChI is InChI=1S/C33H35N3O5/c1-33(2,36-20-31(40)26-11-14-30(39)29(17-26)35-21-37)18-22-5-3-8-27(15-22)32(41)34-19-23-6-4-7-25(16-23)24-9-12-28(38)13-10-24/h3-17,21,31,36,38-40H,18-20H2,1-2H3,(H,34,41)(H,35,37)/t31-/m0/s1. The molecule has 0 aliphatic carbocycles. The molecular weight excluding hydrogens is 518 g/mol. The molecule has 2 amide bonds. The Kier molecular flexibility index (Phi) is 9.39. The van der Waals surface area contributed by atoms with E-state index in [0.717, 1.165) is 22.3 Å². The number of phenolic OH excluding ortho intramolecular Hbond substituents is 2. The van der Waals surface area contributed by atoms with Crippen molar-refractivity contribution in [2.24, 2.45) is 0 Å². The number of hydrogen-bond acceptors (Lipinski definition) is 6. The lowest BCUT2D eigenvalue weighted by atomic mass is 9.93. The molecular formula is C33H35N3O5. The van der Waals surface area contributed by atoms with Crippen LogP contribution in [0.3, 0.4) is 0 Å². The van der Waals surface area contributed by atoms with Gasteiger partial charge in [0.15, 0.2) is 0 Å². The van der Waals surface area contributed by atoms with Crippen molar-refractivity contribution < 1.29 is 24.9 Å². The molecule has 4 aromatic rings. The number of anilines is 1. The largest absolute Gasteiger partial charge is 0.508 e. The number of nitrogens with one attached hydrogen (secondary N) is 3. The number of β-amino-alcohol motifs (C(OH)–C–C–N with tert-alkyl or cyclic N) is 1. The molecule has 4 aromatic carbocycles. The lowest BCUT2D eigenvalue weighted by molar-refractivity contribution is -0.105. The van der Waals surface area contributed by atoms with E-state index in [4.69, 9.17) is 0 Å². The Morgan fingerprint density at radius 1 is 0.878 bits per heavy atom. The smallest absolute Gasteiger partial charge is 0.251 e. The molecule has 0 aliphatic heterocycles. The van der Waals surface area contributed by atoms with Gasteiger partial charge in [0.2, 0.25) is 6.41 Å². The SMILES string of the molecule is CC(C)(Cc1cccc(C(=O)NCc2cccc(-c3ccc(O)cc3)c2)c1)NC[C@H](O)c1ccc(O)c(NC=O)c1. The molecule has 0 aliphatic rings. The molecule has 4 rings (SSSR count). The number of carbonyl (C=O) groups excluding carboxylic acids is 2. The summed E-state index contributed by atoms with van der Waals surface area (Å²) < 4.78 is 0. The monoisotopic (exact) mass is 553 g/mol. The molecule has 0 fully saturated rings. The number of benzene rings is 4. The van der Waals surface area contributed by atoms with Gasteiger partial charge in [0.05, 0.1) is 11.8 Å². The van der Waals surface area contributed by atoms with Crippen molar-refractivity contribution in [3.05, 3.63) is 113 Å². The third-order valence-electron chi connectivity index (χ3n) is 6.81. The van der Waals surface area contributed by atoms with Crippen molar-refractivity contribution in [1.82, 2.24) is 10.6 Å². The predicted octanol–water partition coefficient (Wildman–Crippen LogP) is 4.91. The fourth-order valence-electron chi connectivity index (χ4n) is 4.63. The second kappa shape index (κ2) is 13.1. The van der Waals surface area contributed by atoms with Crippen LogP contribution in [0.5, 0.6) is 11.5 Å². The van der Waals surface area contributed by atoms with Crippen molar-refractivity contribution in [1.29, 1.82) is 0 Å². The average molecular weight is 554 g/mol. The minimum absolute atomic E-state index is 0.0761. The molecule has 0 saturated carbocycles. The second-order valence-electron chi connectivity index (χ2n) is 10.6. The first-order valence-electron chi connectivity index (χ1n) is 13.4. The summed E-state index contributed by atoms with van der Waals surface area (Å²) in [6.07, 6.45) is 0.230. The van der Waals surface area contributed by atoms with E-state index in [1.54, 1.807) is 24.3 Å². The molecule has 0 radical (unpaired) electrons. The molecule has 41 heavy (non-hydrogen) atoms. The van der Waals surface area contributed by atoms with E-state index in [2.05, 4.69) is 16.0 Å². The zero-order valence-corrected chi connectivity index (χ0v) is 23.1. The maximum Gasteiger partial charge on any atom is 0.251 e. The molecule has 0 bridgehead atoms. The van der Waals surface area contributed by atoms with E-state index < -0.39 is 11.6 Å². The number of aromatic hydroxyl groups is 2. The zero-order valence-electron chi connectivity index (χ0n) is 23.1. The Bertz CT molecular complexity index is 1500. The Morgan fingerprint density at radius 3 is 2.37 bits per heavy atom. The van der Waals surface area contributed by atoms with Crippen LogP contribution >= 0.6 is 0 Å². The third-order valence-corrected chi connectivity index (χ3v) is 6.81. The number of hydrogen-bond donors (Lipinski definition) is 6. The lowest BCUT2D eigenvalue weighted by Gasteiger charge is -2.28. The molecule has 0 unspecified atom stereocenters. The Balaban J connectivity index is 1.33. The summed E-state index contributed by atoms with van der Waals surface area (Å²) in [7, 11) is 0. The van der Waals surface area contributed by atoms with Crippen LogP contribution in [-0.4, -0.2) is 39.7 Å². The highest BCUT2D eigenvalue weighted by atomic mass is 16.3. The Labute approximate surface area is 239 Å². The maximum absolute atomic E-state index is 13.0. The molecule has 0 heterocycles. The number of phenols is 2. The summed E-state index contributed by atoms with van der Waals surface area (Å²) in [6.45, 7) is 4.66. The predicted molar refractivity (Wildman–Crippen MR) is 160 cm³/mol. The van der Waals surface area contributed by atoms with Crippen LogP contribution < -0.4 is 16.0 Å². The number of amides is 2. The van der Waals surface area contributed by atoms with Gasteiger partial charge in [0.1, 0.15) is 11.5 Å². The zero-order chi connectivity index (χ0) is 29.4. The van der Waals surface area contributed by atoms with Crippen LogP contribution in [0.2, 0.25) is 0 Å². The first kappa shape index (κ1) is 29.3. The first-order valence-corrected chi connectivity index (χ1v) is 13.4. The summed E-state index contributed by atoms with van der Waals surface area (Å²) in [4.78, 5) is 23.7. The van der Waals surface area contributed by atoms with E-state index >= 15 is 0 Å². The highest BCUT2D eigenvalue weighted by Gasteiger charge is 2.21. The normalized spacial score (nSPS) is 12.0. The van der Waals surface area contributed by atoms with Crippen molar-refractivity contribution in [2.75, 3.05) is 11.9 Å². The van der Waals surface area contributed by atoms with Crippen LogP contribution in [0, 0.1) is 0 Å². The van der Waals surface area contributed by atoms with Crippen molar-refractivity contribution in [3.8, 4) is 22.6 Å². The van der Waals surface area contributed by atoms with Crippen LogP contribution in [0.25, 0.3) is 11.1 Å². The highest BCUT2D eigenvalue weighted by molar-refractivity contribution is 5.94.